The Morgan fingerprint density at radius 3 is 1.76 bits per heavy atom. The molecule has 0 spiro atoms. The van der Waals surface area contributed by atoms with E-state index in [9.17, 15) is 14.4 Å². The summed E-state index contributed by atoms with van der Waals surface area (Å²) in [5.74, 6) is -2.99. The van der Waals surface area contributed by atoms with Crippen LogP contribution < -0.4 is 11.5 Å². The van der Waals surface area contributed by atoms with E-state index in [1.54, 1.807) is 58.0 Å². The van der Waals surface area contributed by atoms with E-state index in [0.29, 0.717) is 5.56 Å². The molecular weight excluding hydrogens is 324 g/mol. The molecule has 4 N–H and O–H groups in total. The molecule has 0 unspecified atom stereocenters. The first-order chi connectivity index (χ1) is 11.6. The Hall–Kier alpha value is -2.25. The van der Waals surface area contributed by atoms with Crippen molar-refractivity contribution in [1.29, 1.82) is 0 Å². The Balaban J connectivity index is 2.97. The van der Waals surface area contributed by atoms with Crippen molar-refractivity contribution in [2.24, 2.45) is 23.3 Å². The second-order valence-electron chi connectivity index (χ2n) is 6.51. The average Bonchev–Trinajstić information content (AvgIpc) is 2.58. The molecule has 0 amide bonds. The van der Waals surface area contributed by atoms with Gasteiger partial charge in [0.2, 0.25) is 6.10 Å². The van der Waals surface area contributed by atoms with Crippen LogP contribution in [0.4, 0.5) is 0 Å². The Kier molecular flexibility index (Phi) is 7.73. The van der Waals surface area contributed by atoms with Gasteiger partial charge in [-0.2, -0.15) is 0 Å². The quantitative estimate of drug-likeness (QED) is 0.561. The van der Waals surface area contributed by atoms with Crippen molar-refractivity contribution < 1.29 is 23.9 Å². The van der Waals surface area contributed by atoms with Crippen LogP contribution in [0.5, 0.6) is 0 Å². The van der Waals surface area contributed by atoms with Crippen molar-refractivity contribution in [3.8, 4) is 0 Å². The molecule has 7 nitrogen and oxygen atoms in total. The number of carbonyl (C=O) groups excluding carboxylic acids is 3. The first-order valence-electron chi connectivity index (χ1n) is 8.17. The lowest BCUT2D eigenvalue weighted by atomic mass is 10.1. The number of nitrogens with two attached hydrogens (primary N) is 2. The molecule has 0 fully saturated rings. The number of rotatable bonds is 7. The van der Waals surface area contributed by atoms with Crippen LogP contribution in [0.2, 0.25) is 0 Å². The number of hydrogen-bond donors (Lipinski definition) is 2. The van der Waals surface area contributed by atoms with Crippen LogP contribution >= 0.6 is 0 Å². The Morgan fingerprint density at radius 1 is 0.800 bits per heavy atom. The maximum absolute atomic E-state index is 12.4. The molecule has 0 aliphatic carbocycles. The summed E-state index contributed by atoms with van der Waals surface area (Å²) in [5, 5.41) is 0. The van der Waals surface area contributed by atoms with Crippen molar-refractivity contribution in [3.05, 3.63) is 35.9 Å². The number of carbonyl (C=O) groups is 3. The van der Waals surface area contributed by atoms with E-state index in [0.717, 1.165) is 0 Å². The largest absolute Gasteiger partial charge is 0.444 e. The monoisotopic (exact) mass is 350 g/mol. The van der Waals surface area contributed by atoms with E-state index < -0.39 is 36.1 Å². The van der Waals surface area contributed by atoms with Gasteiger partial charge in [0.15, 0.2) is 0 Å². The van der Waals surface area contributed by atoms with Gasteiger partial charge < -0.3 is 20.9 Å². The summed E-state index contributed by atoms with van der Waals surface area (Å²) < 4.78 is 10.0. The molecule has 0 bridgehead atoms. The van der Waals surface area contributed by atoms with Crippen LogP contribution in [0.1, 0.15) is 39.4 Å². The molecule has 1 aromatic carbocycles. The van der Waals surface area contributed by atoms with E-state index in [1.807, 2.05) is 0 Å². The number of ether oxygens (including phenoxy) is 2. The van der Waals surface area contributed by atoms with Gasteiger partial charge in [-0.25, -0.2) is 9.59 Å². The van der Waals surface area contributed by atoms with E-state index in [2.05, 4.69) is 0 Å². The predicted molar refractivity (Wildman–Crippen MR) is 92.0 cm³/mol. The van der Waals surface area contributed by atoms with Crippen LogP contribution in [-0.4, -0.2) is 30.0 Å². The smallest absolute Gasteiger partial charge is 0.359 e. The molecule has 0 aliphatic rings. The van der Waals surface area contributed by atoms with Gasteiger partial charge in [0.25, 0.3) is 0 Å². The van der Waals surface area contributed by atoms with Crippen LogP contribution in [-0.2, 0) is 23.9 Å². The highest BCUT2D eigenvalue weighted by molar-refractivity contribution is 5.92. The van der Waals surface area contributed by atoms with Gasteiger partial charge in [0, 0.05) is 5.56 Å². The summed E-state index contributed by atoms with van der Waals surface area (Å²) in [4.78, 5) is 36.5. The lowest BCUT2D eigenvalue weighted by molar-refractivity contribution is -0.176. The van der Waals surface area contributed by atoms with E-state index >= 15 is 0 Å². The Morgan fingerprint density at radius 2 is 1.28 bits per heavy atom. The fourth-order valence-electron chi connectivity index (χ4n) is 1.84. The molecule has 1 aromatic rings. The highest BCUT2D eigenvalue weighted by atomic mass is 16.6. The van der Waals surface area contributed by atoms with Gasteiger partial charge in [-0.1, -0.05) is 58.0 Å². The second kappa shape index (κ2) is 9.29. The highest BCUT2D eigenvalue weighted by Gasteiger charge is 2.33. The molecule has 0 aromatic heterocycles. The Bertz CT molecular complexity index is 601. The molecule has 0 aliphatic heterocycles. The minimum atomic E-state index is -1.39. The number of benzene rings is 1. The van der Waals surface area contributed by atoms with E-state index in [-0.39, 0.29) is 11.8 Å². The molecular formula is C18H26N2O5. The van der Waals surface area contributed by atoms with Crippen LogP contribution in [0, 0.1) is 11.8 Å². The maximum Gasteiger partial charge on any atom is 0.359 e. The first kappa shape index (κ1) is 20.8. The van der Waals surface area contributed by atoms with Crippen LogP contribution in [0.25, 0.3) is 0 Å². The fraction of sp³-hybridized carbons (Fsp3) is 0.500. The lowest BCUT2D eigenvalue weighted by Gasteiger charge is -2.21. The van der Waals surface area contributed by atoms with Gasteiger partial charge in [-0.3, -0.25) is 4.79 Å². The van der Waals surface area contributed by atoms with Crippen molar-refractivity contribution in [2.75, 3.05) is 0 Å². The molecule has 1 rings (SSSR count). The molecule has 25 heavy (non-hydrogen) atoms. The van der Waals surface area contributed by atoms with Gasteiger partial charge in [0.1, 0.15) is 12.1 Å². The summed E-state index contributed by atoms with van der Waals surface area (Å²) >= 11 is 0. The zero-order valence-corrected chi connectivity index (χ0v) is 15.0. The maximum atomic E-state index is 12.4. The van der Waals surface area contributed by atoms with E-state index in [1.165, 1.54) is 0 Å². The molecule has 0 saturated carbocycles. The second-order valence-corrected chi connectivity index (χ2v) is 6.51. The van der Waals surface area contributed by atoms with Gasteiger partial charge in [-0.05, 0) is 11.8 Å². The summed E-state index contributed by atoms with van der Waals surface area (Å²) in [7, 11) is 0. The van der Waals surface area contributed by atoms with Crippen molar-refractivity contribution >= 4 is 17.9 Å². The molecule has 138 valence electrons. The SMILES string of the molecule is CC(C)[C@H](N)C(=O)OC(=O)[C@H](OC(=O)[C@@H](N)C(C)C)c1ccccc1. The predicted octanol–water partition coefficient (Wildman–Crippen LogP) is 1.31. The standard InChI is InChI=1S/C18H26N2O5/c1-10(2)13(19)16(21)24-15(12-8-6-5-7-9-12)18(23)25-17(22)14(20)11(3)4/h5-11,13-15H,19-20H2,1-4H3/t13-,14-,15+/m0/s1. The Labute approximate surface area is 147 Å². The summed E-state index contributed by atoms with van der Waals surface area (Å²) in [5.41, 5.74) is 11.8. The lowest BCUT2D eigenvalue weighted by Crippen LogP contribution is -2.41. The number of hydrogen-bond acceptors (Lipinski definition) is 7. The average molecular weight is 350 g/mol. The molecule has 0 saturated heterocycles. The molecule has 0 heterocycles. The molecule has 3 atom stereocenters. The highest BCUT2D eigenvalue weighted by Crippen LogP contribution is 2.21. The fourth-order valence-corrected chi connectivity index (χ4v) is 1.84. The minimum absolute atomic E-state index is 0.170. The topological polar surface area (TPSA) is 122 Å². The third kappa shape index (κ3) is 5.95. The zero-order chi connectivity index (χ0) is 19.1. The van der Waals surface area contributed by atoms with Crippen molar-refractivity contribution in [1.82, 2.24) is 0 Å². The van der Waals surface area contributed by atoms with Gasteiger partial charge >= 0.3 is 17.9 Å². The van der Waals surface area contributed by atoms with Gasteiger partial charge in [-0.15, -0.1) is 0 Å². The zero-order valence-electron chi connectivity index (χ0n) is 15.0. The third-order valence-corrected chi connectivity index (χ3v) is 3.73. The van der Waals surface area contributed by atoms with Crippen molar-refractivity contribution in [3.63, 3.8) is 0 Å². The molecule has 0 radical (unpaired) electrons. The summed E-state index contributed by atoms with van der Waals surface area (Å²) in [6.07, 6.45) is -1.39. The summed E-state index contributed by atoms with van der Waals surface area (Å²) in [6.45, 7) is 6.97. The first-order valence-corrected chi connectivity index (χ1v) is 8.17. The molecule has 7 heteroatoms. The van der Waals surface area contributed by atoms with Crippen LogP contribution in [0.15, 0.2) is 30.3 Å². The van der Waals surface area contributed by atoms with E-state index in [4.69, 9.17) is 20.9 Å². The van der Waals surface area contributed by atoms with Crippen molar-refractivity contribution in [2.45, 2.75) is 45.9 Å². The normalized spacial score (nSPS) is 14.7. The van der Waals surface area contributed by atoms with Gasteiger partial charge in [0.05, 0.1) is 0 Å². The third-order valence-electron chi connectivity index (χ3n) is 3.73. The van der Waals surface area contributed by atoms with Crippen LogP contribution in [0.3, 0.4) is 0 Å². The number of esters is 3. The minimum Gasteiger partial charge on any atom is -0.444 e. The summed E-state index contributed by atoms with van der Waals surface area (Å²) in [6, 6.07) is 6.43.